The Morgan fingerprint density at radius 2 is 1.69 bits per heavy atom. The van der Waals surface area contributed by atoms with Crippen LogP contribution in [0.1, 0.15) is 76.8 Å². The molecule has 0 spiro atoms. The van der Waals surface area contributed by atoms with Crippen LogP contribution < -0.4 is 5.73 Å². The number of nitrogens with two attached hydrogens (primary N) is 1. The zero-order chi connectivity index (χ0) is 25.8. The van der Waals surface area contributed by atoms with Gasteiger partial charge in [-0.2, -0.15) is 0 Å². The summed E-state index contributed by atoms with van der Waals surface area (Å²) in [7, 11) is 0. The molecule has 0 amide bonds. The van der Waals surface area contributed by atoms with E-state index in [0.29, 0.717) is 12.2 Å². The molecule has 1 aromatic carbocycles. The molecule has 0 fully saturated rings. The molecule has 1 aromatic heterocycles. The number of rotatable bonds is 14. The van der Waals surface area contributed by atoms with E-state index in [1.165, 1.54) is 25.7 Å². The van der Waals surface area contributed by atoms with Crippen molar-refractivity contribution in [2.75, 3.05) is 6.61 Å². The highest BCUT2D eigenvalue weighted by Crippen LogP contribution is 2.23. The van der Waals surface area contributed by atoms with Crippen molar-refractivity contribution in [3.05, 3.63) is 77.8 Å². The van der Waals surface area contributed by atoms with Crippen molar-refractivity contribution in [3.63, 3.8) is 0 Å². The summed E-state index contributed by atoms with van der Waals surface area (Å²) in [6, 6.07) is 8.00. The zero-order valence-corrected chi connectivity index (χ0v) is 22.1. The molecule has 0 saturated heterocycles. The Kier molecular flexibility index (Phi) is 11.1. The van der Waals surface area contributed by atoms with Gasteiger partial charge in [0, 0.05) is 35.5 Å². The standard InChI is InChI=1S/C31H41N3O2/c1-4-6-7-8-9-19-36-28-12-10-11-25(17-18-28)27-21-33-31(34-22-27)26-15-13-24(14-16-26)20-29(23(3)35)30(32)5-2/h11-18,21-22,29-30H,4-10,19-20,32H2,1-3H3. The Bertz CT molecular complexity index is 1050. The molecule has 1 heterocycles. The minimum atomic E-state index is -0.150. The molecule has 0 radical (unpaired) electrons. The third-order valence-corrected chi connectivity index (χ3v) is 6.76. The van der Waals surface area contributed by atoms with Crippen molar-refractivity contribution in [1.29, 1.82) is 0 Å². The maximum atomic E-state index is 12.0. The molecule has 2 atom stereocenters. The van der Waals surface area contributed by atoms with Crippen molar-refractivity contribution in [3.8, 4) is 11.4 Å². The van der Waals surface area contributed by atoms with Crippen LogP contribution in [0, 0.1) is 5.92 Å². The number of carbonyl (C=O) groups is 1. The van der Waals surface area contributed by atoms with Crippen LogP contribution in [-0.4, -0.2) is 28.4 Å². The average molecular weight is 488 g/mol. The Balaban J connectivity index is 1.56. The first-order valence-corrected chi connectivity index (χ1v) is 13.4. The topological polar surface area (TPSA) is 78.1 Å². The maximum absolute atomic E-state index is 12.0. The molecule has 3 rings (SSSR count). The van der Waals surface area contributed by atoms with E-state index in [9.17, 15) is 4.79 Å². The first-order valence-electron chi connectivity index (χ1n) is 13.4. The Morgan fingerprint density at radius 3 is 2.36 bits per heavy atom. The molecule has 2 unspecified atom stereocenters. The fourth-order valence-electron chi connectivity index (χ4n) is 4.38. The number of benzene rings is 1. The van der Waals surface area contributed by atoms with Crippen molar-refractivity contribution in [2.24, 2.45) is 11.7 Å². The smallest absolute Gasteiger partial charge is 0.159 e. The van der Waals surface area contributed by atoms with Crippen LogP contribution in [0.15, 0.2) is 66.7 Å². The second kappa shape index (κ2) is 14.5. The monoisotopic (exact) mass is 487 g/mol. The van der Waals surface area contributed by atoms with Crippen LogP contribution in [0.3, 0.4) is 0 Å². The van der Waals surface area contributed by atoms with Gasteiger partial charge < -0.3 is 10.5 Å². The second-order valence-electron chi connectivity index (χ2n) is 9.58. The van der Waals surface area contributed by atoms with Gasteiger partial charge >= 0.3 is 0 Å². The molecule has 192 valence electrons. The van der Waals surface area contributed by atoms with Gasteiger partial charge in [-0.25, -0.2) is 9.97 Å². The van der Waals surface area contributed by atoms with Crippen molar-refractivity contribution in [1.82, 2.24) is 9.97 Å². The molecule has 0 bridgehead atoms. The normalized spacial score (nSPS) is 15.0. The summed E-state index contributed by atoms with van der Waals surface area (Å²) >= 11 is 0. The van der Waals surface area contributed by atoms with Crippen molar-refractivity contribution >= 4 is 11.4 Å². The van der Waals surface area contributed by atoms with Gasteiger partial charge in [0.2, 0.25) is 0 Å². The Morgan fingerprint density at radius 1 is 0.972 bits per heavy atom. The van der Waals surface area contributed by atoms with Gasteiger partial charge in [0.15, 0.2) is 5.82 Å². The summed E-state index contributed by atoms with van der Waals surface area (Å²) in [5.41, 5.74) is 10.3. The molecular formula is C31H41N3O2. The van der Waals surface area contributed by atoms with Gasteiger partial charge in [-0.05, 0) is 55.9 Å². The summed E-state index contributed by atoms with van der Waals surface area (Å²) in [5, 5.41) is 0. The van der Waals surface area contributed by atoms with E-state index in [1.807, 2.05) is 49.7 Å². The van der Waals surface area contributed by atoms with Gasteiger partial charge in [-0.15, -0.1) is 0 Å². The Hall–Kier alpha value is -3.05. The summed E-state index contributed by atoms with van der Waals surface area (Å²) in [6.07, 6.45) is 20.6. The first-order chi connectivity index (χ1) is 17.5. The number of hydrogen-bond donors (Lipinski definition) is 1. The number of allylic oxidation sites excluding steroid dienone is 5. The molecule has 0 saturated carbocycles. The summed E-state index contributed by atoms with van der Waals surface area (Å²) in [5.74, 6) is 1.61. The van der Waals surface area contributed by atoms with E-state index >= 15 is 0 Å². The van der Waals surface area contributed by atoms with E-state index in [4.69, 9.17) is 10.5 Å². The molecule has 36 heavy (non-hydrogen) atoms. The third-order valence-electron chi connectivity index (χ3n) is 6.76. The quantitative estimate of drug-likeness (QED) is 0.295. The molecule has 0 aliphatic heterocycles. The van der Waals surface area contributed by atoms with E-state index in [-0.39, 0.29) is 17.7 Å². The van der Waals surface area contributed by atoms with Gasteiger partial charge in [0.05, 0.1) is 6.61 Å². The van der Waals surface area contributed by atoms with Gasteiger partial charge in [-0.1, -0.05) is 75.9 Å². The maximum Gasteiger partial charge on any atom is 0.159 e. The summed E-state index contributed by atoms with van der Waals surface area (Å²) in [6.45, 7) is 6.65. The van der Waals surface area contributed by atoms with Crippen molar-refractivity contribution < 1.29 is 9.53 Å². The molecule has 2 aromatic rings. The lowest BCUT2D eigenvalue weighted by molar-refractivity contribution is -0.121. The van der Waals surface area contributed by atoms with Crippen LogP contribution >= 0.6 is 0 Å². The summed E-state index contributed by atoms with van der Waals surface area (Å²) in [4.78, 5) is 21.2. The Labute approximate surface area is 216 Å². The largest absolute Gasteiger partial charge is 0.494 e. The SMILES string of the molecule is CCCCCCCOC1=CCC=C(c2cnc(-c3ccc(CC(C(C)=O)C(N)CC)cc3)nc2)C=C1. The fraction of sp³-hybridized carbons (Fsp3) is 0.452. The number of aromatic nitrogens is 2. The van der Waals surface area contributed by atoms with E-state index in [1.54, 1.807) is 6.92 Å². The lowest BCUT2D eigenvalue weighted by Crippen LogP contribution is -2.35. The highest BCUT2D eigenvalue weighted by Gasteiger charge is 2.21. The van der Waals surface area contributed by atoms with Crippen molar-refractivity contribution in [2.45, 2.75) is 78.2 Å². The molecule has 5 nitrogen and oxygen atoms in total. The fourth-order valence-corrected chi connectivity index (χ4v) is 4.38. The minimum absolute atomic E-state index is 0.112. The number of hydrogen-bond acceptors (Lipinski definition) is 5. The van der Waals surface area contributed by atoms with Crippen LogP contribution in [0.2, 0.25) is 0 Å². The first kappa shape index (κ1) is 27.5. The predicted octanol–water partition coefficient (Wildman–Crippen LogP) is 6.84. The van der Waals surface area contributed by atoms with Gasteiger partial charge in [-0.3, -0.25) is 4.79 Å². The molecular weight excluding hydrogens is 446 g/mol. The number of ketones is 1. The highest BCUT2D eigenvalue weighted by molar-refractivity contribution is 5.79. The predicted molar refractivity (Wildman–Crippen MR) is 148 cm³/mol. The van der Waals surface area contributed by atoms with E-state index in [0.717, 1.165) is 53.9 Å². The minimum Gasteiger partial charge on any atom is -0.494 e. The van der Waals surface area contributed by atoms with Crippen LogP contribution in [0.25, 0.3) is 17.0 Å². The number of unbranched alkanes of at least 4 members (excludes halogenated alkanes) is 4. The number of nitrogens with zero attached hydrogens (tertiary/aromatic N) is 2. The van der Waals surface area contributed by atoms with Crippen LogP contribution in [-0.2, 0) is 16.0 Å². The van der Waals surface area contributed by atoms with Gasteiger partial charge in [0.1, 0.15) is 11.5 Å². The summed E-state index contributed by atoms with van der Waals surface area (Å²) < 4.78 is 5.95. The van der Waals surface area contributed by atoms with Gasteiger partial charge in [0.25, 0.3) is 0 Å². The molecule has 2 N–H and O–H groups in total. The number of carbonyl (C=O) groups excluding carboxylic acids is 1. The lowest BCUT2D eigenvalue weighted by Gasteiger charge is -2.20. The molecule has 1 aliphatic rings. The number of Topliss-reactive ketones (excluding diaryl/α,β-unsaturated/α-hetero) is 1. The molecule has 5 heteroatoms. The average Bonchev–Trinajstić information content (AvgIpc) is 3.15. The number of ether oxygens (including phenoxy) is 1. The third kappa shape index (κ3) is 8.27. The molecule has 1 aliphatic carbocycles. The van der Waals surface area contributed by atoms with E-state index < -0.39 is 0 Å². The van der Waals surface area contributed by atoms with Crippen LogP contribution in [0.4, 0.5) is 0 Å². The second-order valence-corrected chi connectivity index (χ2v) is 9.58. The van der Waals surface area contributed by atoms with Crippen LogP contribution in [0.5, 0.6) is 0 Å². The zero-order valence-electron chi connectivity index (χ0n) is 22.1. The highest BCUT2D eigenvalue weighted by atomic mass is 16.5. The lowest BCUT2D eigenvalue weighted by atomic mass is 9.88. The van der Waals surface area contributed by atoms with E-state index in [2.05, 4.69) is 35.1 Å².